The fourth-order valence-electron chi connectivity index (χ4n) is 4.28. The number of para-hydroxylation sites is 1. The van der Waals surface area contributed by atoms with Crippen LogP contribution < -0.4 is 16.5 Å². The molecule has 5 aromatic rings. The number of nitrogens with zero attached hydrogens (tertiary/aromatic N) is 3. The van der Waals surface area contributed by atoms with Gasteiger partial charge in [-0.25, -0.2) is 14.4 Å². The van der Waals surface area contributed by atoms with Crippen LogP contribution in [0.2, 0.25) is 0 Å². The highest BCUT2D eigenvalue weighted by Crippen LogP contribution is 2.31. The van der Waals surface area contributed by atoms with Crippen LogP contribution in [0.15, 0.2) is 66.9 Å². The van der Waals surface area contributed by atoms with Crippen LogP contribution in [0.25, 0.3) is 27.8 Å². The van der Waals surface area contributed by atoms with Crippen molar-refractivity contribution < 1.29 is 19.2 Å². The second kappa shape index (κ2) is 8.82. The number of hydrogen-bond acceptors (Lipinski definition) is 6. The van der Waals surface area contributed by atoms with E-state index in [0.717, 1.165) is 5.56 Å². The Bertz CT molecular complexity index is 1600. The van der Waals surface area contributed by atoms with Gasteiger partial charge in [0.05, 0.1) is 11.0 Å². The molecule has 0 saturated carbocycles. The van der Waals surface area contributed by atoms with E-state index in [-0.39, 0.29) is 17.8 Å². The molecule has 0 aliphatic heterocycles. The Labute approximate surface area is 200 Å². The van der Waals surface area contributed by atoms with Gasteiger partial charge in [0.2, 0.25) is 0 Å². The molecule has 8 nitrogen and oxygen atoms in total. The number of hydrogen-bond donors (Lipinski definition) is 4. The first kappa shape index (κ1) is 22.5. The third-order valence-electron chi connectivity index (χ3n) is 5.86. The Morgan fingerprint density at radius 3 is 2.63 bits per heavy atom. The normalized spacial score (nSPS) is 11.2. The fraction of sp³-hybridized carbons (Fsp3) is 0.0800. The number of nitrogens with two attached hydrogens (primary N) is 1. The summed E-state index contributed by atoms with van der Waals surface area (Å²) in [4.78, 5) is 21.4. The summed E-state index contributed by atoms with van der Waals surface area (Å²) < 4.78 is 15.4. The Balaban J connectivity index is 1.72. The van der Waals surface area contributed by atoms with E-state index in [1.165, 1.54) is 12.1 Å². The van der Waals surface area contributed by atoms with E-state index in [2.05, 4.69) is 5.32 Å². The minimum absolute atomic E-state index is 0.221. The number of benzene rings is 2. The van der Waals surface area contributed by atoms with Gasteiger partial charge in [-0.3, -0.25) is 4.79 Å². The highest BCUT2D eigenvalue weighted by molar-refractivity contribution is 6.61. The summed E-state index contributed by atoms with van der Waals surface area (Å²) in [6.45, 7) is 2.16. The standard InChI is InChI=1S/C25H21BFN5O3/c1-14-13-32-19(9-4-10-20(32)23(28)33)21(14)25-30-22-17(7-3-8-18(22)26(34)35)24(31-25)29-12-15-5-2-6-16(27)11-15/h2-11,13,34-35H,12H2,1H3,(H2,28,33)(H,29,30,31). The lowest BCUT2D eigenvalue weighted by Crippen LogP contribution is -2.31. The van der Waals surface area contributed by atoms with Gasteiger partial charge in [-0.05, 0) is 48.4 Å². The average Bonchev–Trinajstić information content (AvgIpc) is 3.17. The molecule has 5 N–H and O–H groups in total. The van der Waals surface area contributed by atoms with Crippen LogP contribution in [0.1, 0.15) is 21.6 Å². The number of primary amides is 1. The predicted octanol–water partition coefficient (Wildman–Crippen LogP) is 2.39. The Morgan fingerprint density at radius 1 is 1.11 bits per heavy atom. The van der Waals surface area contributed by atoms with E-state index < -0.39 is 13.0 Å². The number of nitrogens with one attached hydrogen (secondary N) is 1. The van der Waals surface area contributed by atoms with Crippen molar-refractivity contribution in [2.75, 3.05) is 5.32 Å². The van der Waals surface area contributed by atoms with Gasteiger partial charge in [-0.2, -0.15) is 0 Å². The summed E-state index contributed by atoms with van der Waals surface area (Å²) in [5, 5.41) is 23.8. The molecular formula is C25H21BFN5O3. The molecule has 1 amide bonds. The van der Waals surface area contributed by atoms with Crippen molar-refractivity contribution in [3.05, 3.63) is 89.5 Å². The number of halogens is 1. The maximum absolute atomic E-state index is 13.7. The van der Waals surface area contributed by atoms with Gasteiger partial charge in [-0.1, -0.05) is 30.3 Å². The molecule has 0 fully saturated rings. The lowest BCUT2D eigenvalue weighted by Gasteiger charge is -2.14. The molecule has 2 aromatic carbocycles. The summed E-state index contributed by atoms with van der Waals surface area (Å²) in [7, 11) is -1.74. The fourth-order valence-corrected chi connectivity index (χ4v) is 4.28. The molecule has 3 heterocycles. The summed E-state index contributed by atoms with van der Waals surface area (Å²) in [5.41, 5.74) is 9.31. The van der Waals surface area contributed by atoms with E-state index in [4.69, 9.17) is 15.7 Å². The largest absolute Gasteiger partial charge is 0.490 e. The van der Waals surface area contributed by atoms with E-state index in [0.29, 0.717) is 44.9 Å². The van der Waals surface area contributed by atoms with E-state index in [9.17, 15) is 19.2 Å². The van der Waals surface area contributed by atoms with Crippen LogP contribution in [0.5, 0.6) is 0 Å². The van der Waals surface area contributed by atoms with Crippen molar-refractivity contribution in [2.24, 2.45) is 5.73 Å². The first-order valence-corrected chi connectivity index (χ1v) is 10.9. The molecule has 0 radical (unpaired) electrons. The number of rotatable bonds is 6. The monoisotopic (exact) mass is 469 g/mol. The van der Waals surface area contributed by atoms with Crippen molar-refractivity contribution in [2.45, 2.75) is 13.5 Å². The predicted molar refractivity (Wildman–Crippen MR) is 133 cm³/mol. The minimum Gasteiger partial charge on any atom is -0.423 e. The molecule has 0 bridgehead atoms. The summed E-state index contributed by atoms with van der Waals surface area (Å²) in [5.74, 6) is -0.139. The lowest BCUT2D eigenvalue weighted by molar-refractivity contribution is 0.0994. The van der Waals surface area contributed by atoms with E-state index in [1.807, 2.05) is 13.0 Å². The van der Waals surface area contributed by atoms with Crippen molar-refractivity contribution in [1.29, 1.82) is 0 Å². The highest BCUT2D eigenvalue weighted by Gasteiger charge is 2.22. The van der Waals surface area contributed by atoms with Crippen LogP contribution in [-0.2, 0) is 6.54 Å². The maximum Gasteiger partial charge on any atom is 0.490 e. The van der Waals surface area contributed by atoms with Crippen molar-refractivity contribution in [3.8, 4) is 11.4 Å². The van der Waals surface area contributed by atoms with Gasteiger partial charge in [-0.15, -0.1) is 0 Å². The molecule has 3 aromatic heterocycles. The van der Waals surface area contributed by atoms with Gasteiger partial charge in [0.25, 0.3) is 5.91 Å². The molecule has 35 heavy (non-hydrogen) atoms. The van der Waals surface area contributed by atoms with Gasteiger partial charge in [0.1, 0.15) is 17.3 Å². The SMILES string of the molecule is Cc1cn2c(C(N)=O)cccc2c1-c1nc(NCc2cccc(F)c2)c2cccc(B(O)O)c2n1. The highest BCUT2D eigenvalue weighted by atomic mass is 19.1. The molecule has 0 unspecified atom stereocenters. The molecular weight excluding hydrogens is 448 g/mol. The topological polar surface area (TPSA) is 126 Å². The number of carbonyl (C=O) groups is 1. The van der Waals surface area contributed by atoms with Crippen molar-refractivity contribution >= 4 is 40.7 Å². The number of anilines is 1. The van der Waals surface area contributed by atoms with Crippen LogP contribution >= 0.6 is 0 Å². The molecule has 0 aliphatic carbocycles. The number of pyridine rings is 1. The maximum atomic E-state index is 13.7. The Morgan fingerprint density at radius 2 is 1.89 bits per heavy atom. The van der Waals surface area contributed by atoms with Crippen LogP contribution in [0.4, 0.5) is 10.2 Å². The zero-order valence-electron chi connectivity index (χ0n) is 18.7. The van der Waals surface area contributed by atoms with Gasteiger partial charge in [0.15, 0.2) is 5.82 Å². The van der Waals surface area contributed by atoms with Crippen molar-refractivity contribution in [1.82, 2.24) is 14.4 Å². The molecule has 174 valence electrons. The number of aryl methyl sites for hydroxylation is 1. The zero-order valence-corrected chi connectivity index (χ0v) is 18.7. The van der Waals surface area contributed by atoms with Gasteiger partial charge >= 0.3 is 7.12 Å². The second-order valence-corrected chi connectivity index (χ2v) is 8.21. The van der Waals surface area contributed by atoms with Crippen LogP contribution in [0, 0.1) is 12.7 Å². The molecule has 0 aliphatic rings. The van der Waals surface area contributed by atoms with Gasteiger partial charge < -0.3 is 25.5 Å². The molecule has 10 heteroatoms. The van der Waals surface area contributed by atoms with E-state index >= 15 is 0 Å². The Hall–Kier alpha value is -4.28. The quantitative estimate of drug-likeness (QED) is 0.283. The summed E-state index contributed by atoms with van der Waals surface area (Å²) in [6.07, 6.45) is 1.78. The van der Waals surface area contributed by atoms with Crippen LogP contribution in [-0.4, -0.2) is 37.4 Å². The number of aromatic nitrogens is 3. The minimum atomic E-state index is -1.74. The average molecular weight is 469 g/mol. The molecule has 0 atom stereocenters. The third kappa shape index (κ3) is 4.09. The molecule has 0 spiro atoms. The lowest BCUT2D eigenvalue weighted by atomic mass is 9.79. The zero-order chi connectivity index (χ0) is 24.7. The number of amides is 1. The number of carbonyl (C=O) groups excluding carboxylic acids is 1. The van der Waals surface area contributed by atoms with Gasteiger partial charge in [0, 0.05) is 29.2 Å². The summed E-state index contributed by atoms with van der Waals surface area (Å²) >= 11 is 0. The van der Waals surface area contributed by atoms with Crippen LogP contribution in [0.3, 0.4) is 0 Å². The molecule has 0 saturated heterocycles. The van der Waals surface area contributed by atoms with E-state index in [1.54, 1.807) is 53.1 Å². The molecule has 5 rings (SSSR count). The number of fused-ring (bicyclic) bond motifs is 2. The third-order valence-corrected chi connectivity index (χ3v) is 5.86. The first-order valence-electron chi connectivity index (χ1n) is 10.9. The summed E-state index contributed by atoms with van der Waals surface area (Å²) in [6, 6.07) is 16.4. The van der Waals surface area contributed by atoms with Crippen molar-refractivity contribution in [3.63, 3.8) is 0 Å². The Kier molecular flexibility index (Phi) is 5.68. The second-order valence-electron chi connectivity index (χ2n) is 8.21. The smallest absolute Gasteiger partial charge is 0.423 e. The first-order chi connectivity index (χ1) is 16.8.